The first-order valence-corrected chi connectivity index (χ1v) is 10.6. The Morgan fingerprint density at radius 1 is 0.774 bits per heavy atom. The molecule has 0 atom stereocenters. The number of methoxy groups -OCH3 is 1. The Kier molecular flexibility index (Phi) is 6.81. The van der Waals surface area contributed by atoms with E-state index in [0.717, 1.165) is 0 Å². The number of rotatable bonds is 5. The SMILES string of the molecule is COc1ccc(C(=O)Nc2ccc(NC(=O)c3ccc(C(C)(C)C)cc3)cc2)cc1Br. The third-order valence-electron chi connectivity index (χ3n) is 4.83. The summed E-state index contributed by atoms with van der Waals surface area (Å²) in [6.45, 7) is 6.40. The maximum Gasteiger partial charge on any atom is 0.255 e. The molecule has 0 saturated carbocycles. The molecule has 0 radical (unpaired) electrons. The van der Waals surface area contributed by atoms with E-state index in [-0.39, 0.29) is 17.2 Å². The number of hydrogen-bond acceptors (Lipinski definition) is 3. The molecule has 0 spiro atoms. The molecule has 0 unspecified atom stereocenters. The molecule has 6 heteroatoms. The maximum atomic E-state index is 12.5. The lowest BCUT2D eigenvalue weighted by Crippen LogP contribution is -2.14. The van der Waals surface area contributed by atoms with Crippen molar-refractivity contribution < 1.29 is 14.3 Å². The van der Waals surface area contributed by atoms with Crippen LogP contribution < -0.4 is 15.4 Å². The fraction of sp³-hybridized carbons (Fsp3) is 0.200. The third kappa shape index (κ3) is 5.73. The molecule has 160 valence electrons. The molecule has 0 heterocycles. The molecule has 0 aliphatic heterocycles. The fourth-order valence-electron chi connectivity index (χ4n) is 2.97. The Morgan fingerprint density at radius 2 is 1.26 bits per heavy atom. The Bertz CT molecular complexity index is 1090. The van der Waals surface area contributed by atoms with Crippen LogP contribution in [0, 0.1) is 0 Å². The van der Waals surface area contributed by atoms with Crippen LogP contribution in [0.4, 0.5) is 11.4 Å². The number of ether oxygens (including phenoxy) is 1. The van der Waals surface area contributed by atoms with Crippen LogP contribution in [-0.4, -0.2) is 18.9 Å². The van der Waals surface area contributed by atoms with Gasteiger partial charge in [-0.05, 0) is 81.5 Å². The van der Waals surface area contributed by atoms with Crippen LogP contribution in [0.15, 0.2) is 71.2 Å². The van der Waals surface area contributed by atoms with Gasteiger partial charge in [0, 0.05) is 22.5 Å². The van der Waals surface area contributed by atoms with Gasteiger partial charge in [0.1, 0.15) is 5.75 Å². The molecule has 3 rings (SSSR count). The molecular formula is C25H25BrN2O3. The highest BCUT2D eigenvalue weighted by atomic mass is 79.9. The van der Waals surface area contributed by atoms with Gasteiger partial charge >= 0.3 is 0 Å². The Labute approximate surface area is 191 Å². The largest absolute Gasteiger partial charge is 0.496 e. The van der Waals surface area contributed by atoms with E-state index in [2.05, 4.69) is 47.3 Å². The first-order valence-electron chi connectivity index (χ1n) is 9.84. The molecule has 5 nitrogen and oxygen atoms in total. The van der Waals surface area contributed by atoms with Crippen LogP contribution in [0.5, 0.6) is 5.75 Å². The zero-order valence-electron chi connectivity index (χ0n) is 18.0. The second-order valence-electron chi connectivity index (χ2n) is 8.16. The van der Waals surface area contributed by atoms with Crippen molar-refractivity contribution in [3.05, 3.63) is 87.9 Å². The molecule has 0 aliphatic rings. The van der Waals surface area contributed by atoms with Gasteiger partial charge in [-0.15, -0.1) is 0 Å². The second-order valence-corrected chi connectivity index (χ2v) is 9.02. The van der Waals surface area contributed by atoms with E-state index in [4.69, 9.17) is 4.74 Å². The molecule has 2 amide bonds. The van der Waals surface area contributed by atoms with E-state index >= 15 is 0 Å². The van der Waals surface area contributed by atoms with Crippen LogP contribution in [0.3, 0.4) is 0 Å². The summed E-state index contributed by atoms with van der Waals surface area (Å²) in [5.41, 5.74) is 3.59. The number of benzene rings is 3. The Balaban J connectivity index is 1.62. The van der Waals surface area contributed by atoms with Gasteiger partial charge in [-0.25, -0.2) is 0 Å². The number of hydrogen-bond donors (Lipinski definition) is 2. The zero-order valence-corrected chi connectivity index (χ0v) is 19.5. The Morgan fingerprint density at radius 3 is 1.71 bits per heavy atom. The Hall–Kier alpha value is -3.12. The normalized spacial score (nSPS) is 11.0. The fourth-order valence-corrected chi connectivity index (χ4v) is 3.51. The smallest absolute Gasteiger partial charge is 0.255 e. The monoisotopic (exact) mass is 480 g/mol. The molecule has 3 aromatic rings. The van der Waals surface area contributed by atoms with Crippen LogP contribution >= 0.6 is 15.9 Å². The number of carbonyl (C=O) groups is 2. The first-order chi connectivity index (χ1) is 14.7. The minimum atomic E-state index is -0.237. The van der Waals surface area contributed by atoms with Gasteiger partial charge in [-0.2, -0.15) is 0 Å². The lowest BCUT2D eigenvalue weighted by Gasteiger charge is -2.19. The predicted octanol–water partition coefficient (Wildman–Crippen LogP) is 6.26. The topological polar surface area (TPSA) is 67.4 Å². The highest BCUT2D eigenvalue weighted by Crippen LogP contribution is 2.26. The summed E-state index contributed by atoms with van der Waals surface area (Å²) >= 11 is 3.38. The molecule has 3 aromatic carbocycles. The highest BCUT2D eigenvalue weighted by molar-refractivity contribution is 9.10. The van der Waals surface area contributed by atoms with Crippen LogP contribution in [0.1, 0.15) is 47.1 Å². The van der Waals surface area contributed by atoms with Crippen molar-refractivity contribution in [1.29, 1.82) is 0 Å². The third-order valence-corrected chi connectivity index (χ3v) is 5.45. The molecule has 0 fully saturated rings. The highest BCUT2D eigenvalue weighted by Gasteiger charge is 2.14. The second kappa shape index (κ2) is 9.35. The lowest BCUT2D eigenvalue weighted by atomic mass is 9.87. The minimum Gasteiger partial charge on any atom is -0.496 e. The van der Waals surface area contributed by atoms with Gasteiger partial charge in [0.15, 0.2) is 0 Å². The number of anilines is 2. The van der Waals surface area contributed by atoms with Gasteiger partial charge in [-0.3, -0.25) is 9.59 Å². The van der Waals surface area contributed by atoms with Crippen LogP contribution in [0.25, 0.3) is 0 Å². The number of amides is 2. The molecular weight excluding hydrogens is 456 g/mol. The molecule has 31 heavy (non-hydrogen) atoms. The van der Waals surface area contributed by atoms with Crippen molar-refractivity contribution in [1.82, 2.24) is 0 Å². The number of halogens is 1. The van der Waals surface area contributed by atoms with Gasteiger partial charge in [0.2, 0.25) is 0 Å². The quantitative estimate of drug-likeness (QED) is 0.452. The number of carbonyl (C=O) groups excluding carboxylic acids is 2. The summed E-state index contributed by atoms with van der Waals surface area (Å²) in [6, 6.07) is 19.7. The summed E-state index contributed by atoms with van der Waals surface area (Å²) in [6.07, 6.45) is 0. The summed E-state index contributed by atoms with van der Waals surface area (Å²) < 4.78 is 5.89. The maximum absolute atomic E-state index is 12.5. The van der Waals surface area contributed by atoms with E-state index in [0.29, 0.717) is 32.7 Å². The molecule has 2 N–H and O–H groups in total. The van der Waals surface area contributed by atoms with Crippen molar-refractivity contribution in [3.63, 3.8) is 0 Å². The molecule has 0 aromatic heterocycles. The van der Waals surface area contributed by atoms with E-state index < -0.39 is 0 Å². The van der Waals surface area contributed by atoms with Crippen LogP contribution in [0.2, 0.25) is 0 Å². The predicted molar refractivity (Wildman–Crippen MR) is 128 cm³/mol. The summed E-state index contributed by atoms with van der Waals surface area (Å²) in [7, 11) is 1.57. The minimum absolute atomic E-state index is 0.0389. The summed E-state index contributed by atoms with van der Waals surface area (Å²) in [4.78, 5) is 25.0. The van der Waals surface area contributed by atoms with E-state index in [1.165, 1.54) is 5.56 Å². The first kappa shape index (κ1) is 22.6. The van der Waals surface area contributed by atoms with Gasteiger partial charge in [0.05, 0.1) is 11.6 Å². The van der Waals surface area contributed by atoms with E-state index in [1.54, 1.807) is 49.6 Å². The van der Waals surface area contributed by atoms with Crippen LogP contribution in [-0.2, 0) is 5.41 Å². The van der Waals surface area contributed by atoms with E-state index in [1.807, 2.05) is 24.3 Å². The zero-order chi connectivity index (χ0) is 22.6. The summed E-state index contributed by atoms with van der Waals surface area (Å²) in [5, 5.41) is 5.72. The van der Waals surface area contributed by atoms with Gasteiger partial charge < -0.3 is 15.4 Å². The molecule has 0 aliphatic carbocycles. The van der Waals surface area contributed by atoms with E-state index in [9.17, 15) is 9.59 Å². The van der Waals surface area contributed by atoms with Crippen molar-refractivity contribution in [2.75, 3.05) is 17.7 Å². The van der Waals surface area contributed by atoms with Crippen molar-refractivity contribution in [3.8, 4) is 5.75 Å². The molecule has 0 bridgehead atoms. The average Bonchev–Trinajstić information content (AvgIpc) is 2.74. The summed E-state index contributed by atoms with van der Waals surface area (Å²) in [5.74, 6) is 0.240. The van der Waals surface area contributed by atoms with Gasteiger partial charge in [-0.1, -0.05) is 32.9 Å². The van der Waals surface area contributed by atoms with Crippen molar-refractivity contribution >= 4 is 39.1 Å². The van der Waals surface area contributed by atoms with Crippen molar-refractivity contribution in [2.24, 2.45) is 0 Å². The lowest BCUT2D eigenvalue weighted by molar-refractivity contribution is 0.101. The molecule has 0 saturated heterocycles. The van der Waals surface area contributed by atoms with Gasteiger partial charge in [0.25, 0.3) is 11.8 Å². The van der Waals surface area contributed by atoms with Crippen molar-refractivity contribution in [2.45, 2.75) is 26.2 Å². The number of nitrogens with one attached hydrogen (secondary N) is 2. The average molecular weight is 481 g/mol. The standard InChI is InChI=1S/C25H25BrN2O3/c1-25(2,3)18-8-5-16(6-9-18)23(29)27-19-10-12-20(13-11-19)28-24(30)17-7-14-22(31-4)21(26)15-17/h5-15H,1-4H3,(H,27,29)(H,28,30).